The highest BCUT2D eigenvalue weighted by atomic mass is 16.5. The van der Waals surface area contributed by atoms with Gasteiger partial charge in [0.25, 0.3) is 0 Å². The molecule has 0 aliphatic heterocycles. The number of aromatic hydroxyl groups is 3. The number of benzene rings is 2. The Morgan fingerprint density at radius 3 is 2.50 bits per heavy atom. The van der Waals surface area contributed by atoms with Gasteiger partial charge in [0.05, 0.1) is 0 Å². The Hall–Kier alpha value is -2.44. The molecule has 164 valence electrons. The lowest BCUT2D eigenvalue weighted by atomic mass is 9.76. The van der Waals surface area contributed by atoms with Crippen LogP contribution in [0.25, 0.3) is 0 Å². The number of nitrogens with one attached hydrogen (secondary N) is 1. The average Bonchev–Trinajstić information content (AvgIpc) is 2.74. The van der Waals surface area contributed by atoms with Gasteiger partial charge in [0.15, 0.2) is 11.5 Å². The van der Waals surface area contributed by atoms with Gasteiger partial charge in [0.1, 0.15) is 18.1 Å². The minimum absolute atomic E-state index is 0.0323. The van der Waals surface area contributed by atoms with E-state index in [1.807, 2.05) is 6.07 Å². The van der Waals surface area contributed by atoms with Crippen LogP contribution < -0.4 is 15.8 Å². The minimum atomic E-state index is -0.0380. The van der Waals surface area contributed by atoms with Gasteiger partial charge < -0.3 is 31.1 Å². The first kappa shape index (κ1) is 22.2. The van der Waals surface area contributed by atoms with Crippen molar-refractivity contribution in [3.63, 3.8) is 0 Å². The number of phenols is 3. The van der Waals surface area contributed by atoms with Crippen molar-refractivity contribution in [2.45, 2.75) is 56.9 Å². The maximum absolute atomic E-state index is 10.1. The van der Waals surface area contributed by atoms with Gasteiger partial charge in [0, 0.05) is 18.2 Å². The Morgan fingerprint density at radius 2 is 1.70 bits per heavy atom. The molecule has 0 fully saturated rings. The maximum atomic E-state index is 10.1. The lowest BCUT2D eigenvalue weighted by molar-refractivity contribution is 0.313. The van der Waals surface area contributed by atoms with E-state index in [-0.39, 0.29) is 29.2 Å². The first-order valence-corrected chi connectivity index (χ1v) is 11.0. The van der Waals surface area contributed by atoms with E-state index in [9.17, 15) is 15.3 Å². The number of phenolic OH excluding ortho intramolecular Hbond substituents is 3. The van der Waals surface area contributed by atoms with E-state index in [4.69, 9.17) is 10.5 Å². The molecule has 0 amide bonds. The summed E-state index contributed by atoms with van der Waals surface area (Å²) in [4.78, 5) is 0. The summed E-state index contributed by atoms with van der Waals surface area (Å²) in [7, 11) is 0. The fourth-order valence-corrected chi connectivity index (χ4v) is 4.24. The second-order valence-corrected chi connectivity index (χ2v) is 8.11. The zero-order valence-electron chi connectivity index (χ0n) is 17.5. The molecule has 6 nitrogen and oxygen atoms in total. The van der Waals surface area contributed by atoms with Gasteiger partial charge in [-0.15, -0.1) is 0 Å². The summed E-state index contributed by atoms with van der Waals surface area (Å²) < 4.78 is 5.61. The summed E-state index contributed by atoms with van der Waals surface area (Å²) in [5.74, 6) is 1.26. The van der Waals surface area contributed by atoms with E-state index < -0.39 is 0 Å². The van der Waals surface area contributed by atoms with Crippen LogP contribution in [0.1, 0.15) is 55.6 Å². The van der Waals surface area contributed by atoms with Gasteiger partial charge in [-0.25, -0.2) is 0 Å². The first-order chi connectivity index (χ1) is 14.6. The summed E-state index contributed by atoms with van der Waals surface area (Å²) in [6.45, 7) is 2.37. The molecule has 0 saturated heterocycles. The van der Waals surface area contributed by atoms with Crippen LogP contribution in [-0.2, 0) is 6.42 Å². The van der Waals surface area contributed by atoms with Crippen LogP contribution in [0.5, 0.6) is 23.0 Å². The van der Waals surface area contributed by atoms with E-state index in [2.05, 4.69) is 5.32 Å². The van der Waals surface area contributed by atoms with E-state index in [0.29, 0.717) is 6.61 Å². The summed E-state index contributed by atoms with van der Waals surface area (Å²) in [6.07, 6.45) is 7.17. The molecule has 0 radical (unpaired) electrons. The molecule has 0 spiro atoms. The summed E-state index contributed by atoms with van der Waals surface area (Å²) in [6, 6.07) is 10.4. The molecule has 2 aromatic carbocycles. The molecular formula is C24H34N2O4. The molecule has 0 heterocycles. The highest BCUT2D eigenvalue weighted by molar-refractivity contribution is 5.51. The number of fused-ring (bicyclic) bond motifs is 1. The van der Waals surface area contributed by atoms with Crippen LogP contribution in [-0.4, -0.2) is 41.1 Å². The Labute approximate surface area is 178 Å². The molecule has 3 rings (SSSR count). The lowest BCUT2D eigenvalue weighted by Gasteiger charge is -2.32. The van der Waals surface area contributed by atoms with Crippen molar-refractivity contribution in [3.05, 3.63) is 47.5 Å². The zero-order chi connectivity index (χ0) is 21.3. The van der Waals surface area contributed by atoms with Crippen molar-refractivity contribution in [2.24, 2.45) is 5.73 Å². The third-order valence-corrected chi connectivity index (χ3v) is 5.94. The molecular weight excluding hydrogens is 380 g/mol. The quantitative estimate of drug-likeness (QED) is 0.283. The van der Waals surface area contributed by atoms with E-state index in [1.54, 1.807) is 30.3 Å². The normalized spacial score (nSPS) is 18.2. The maximum Gasteiger partial charge on any atom is 0.160 e. The smallest absolute Gasteiger partial charge is 0.160 e. The number of ether oxygens (including phenoxy) is 1. The SMILES string of the molecule is NC1CCc2c(ccc(O)c2O)C1CCCCCCNCCOc1ccc(O)cc1. The van der Waals surface area contributed by atoms with Gasteiger partial charge in [-0.3, -0.25) is 0 Å². The van der Waals surface area contributed by atoms with Crippen LogP contribution in [0.2, 0.25) is 0 Å². The van der Waals surface area contributed by atoms with Crippen LogP contribution in [0.3, 0.4) is 0 Å². The fourth-order valence-electron chi connectivity index (χ4n) is 4.24. The van der Waals surface area contributed by atoms with Crippen LogP contribution in [0.15, 0.2) is 36.4 Å². The summed E-state index contributed by atoms with van der Waals surface area (Å²) in [5.41, 5.74) is 8.35. The number of hydrogen-bond acceptors (Lipinski definition) is 6. The summed E-state index contributed by atoms with van der Waals surface area (Å²) >= 11 is 0. The number of rotatable bonds is 11. The van der Waals surface area contributed by atoms with Crippen LogP contribution in [0, 0.1) is 0 Å². The third-order valence-electron chi connectivity index (χ3n) is 5.94. The zero-order valence-corrected chi connectivity index (χ0v) is 17.5. The molecule has 30 heavy (non-hydrogen) atoms. The highest BCUT2D eigenvalue weighted by Gasteiger charge is 2.29. The standard InChI is InChI=1S/C24H34N2O4/c25-22-12-10-21-19(11-13-23(28)24(21)29)20(22)5-3-1-2-4-14-26-15-16-30-18-8-6-17(27)7-9-18/h6-9,11,13,20,22,26-29H,1-5,10,12,14-16,25H2. The molecule has 6 N–H and O–H groups in total. The molecule has 2 aromatic rings. The van der Waals surface area contributed by atoms with Crippen molar-refractivity contribution in [3.8, 4) is 23.0 Å². The molecule has 0 bridgehead atoms. The van der Waals surface area contributed by atoms with Gasteiger partial charge in [-0.2, -0.15) is 0 Å². The Balaban J connectivity index is 1.27. The largest absolute Gasteiger partial charge is 0.508 e. The minimum Gasteiger partial charge on any atom is -0.508 e. The third kappa shape index (κ3) is 6.03. The highest BCUT2D eigenvalue weighted by Crippen LogP contribution is 2.42. The second-order valence-electron chi connectivity index (χ2n) is 8.11. The van der Waals surface area contributed by atoms with E-state index in [1.165, 1.54) is 6.42 Å². The number of hydrogen-bond donors (Lipinski definition) is 5. The van der Waals surface area contributed by atoms with Gasteiger partial charge in [-0.05, 0) is 74.0 Å². The van der Waals surface area contributed by atoms with Gasteiger partial charge >= 0.3 is 0 Å². The fraction of sp³-hybridized carbons (Fsp3) is 0.500. The van der Waals surface area contributed by atoms with E-state index >= 15 is 0 Å². The van der Waals surface area contributed by atoms with Crippen molar-refractivity contribution < 1.29 is 20.1 Å². The second kappa shape index (κ2) is 11.1. The molecule has 2 unspecified atom stereocenters. The Kier molecular flexibility index (Phi) is 8.22. The molecule has 0 saturated carbocycles. The number of nitrogens with two attached hydrogens (primary N) is 1. The Morgan fingerprint density at radius 1 is 0.933 bits per heavy atom. The van der Waals surface area contributed by atoms with E-state index in [0.717, 1.165) is 68.5 Å². The van der Waals surface area contributed by atoms with Crippen molar-refractivity contribution in [1.82, 2.24) is 5.32 Å². The average molecular weight is 415 g/mol. The first-order valence-electron chi connectivity index (χ1n) is 11.0. The predicted molar refractivity (Wildman–Crippen MR) is 118 cm³/mol. The van der Waals surface area contributed by atoms with Crippen molar-refractivity contribution in [1.29, 1.82) is 0 Å². The topological polar surface area (TPSA) is 108 Å². The lowest BCUT2D eigenvalue weighted by Crippen LogP contribution is -2.33. The molecule has 2 atom stereocenters. The Bertz CT molecular complexity index is 795. The molecule has 1 aliphatic rings. The molecule has 6 heteroatoms. The van der Waals surface area contributed by atoms with Crippen LogP contribution in [0.4, 0.5) is 0 Å². The van der Waals surface area contributed by atoms with Gasteiger partial charge in [-0.1, -0.05) is 25.3 Å². The molecule has 1 aliphatic carbocycles. The summed E-state index contributed by atoms with van der Waals surface area (Å²) in [5, 5.41) is 32.5. The van der Waals surface area contributed by atoms with Crippen molar-refractivity contribution in [2.75, 3.05) is 19.7 Å². The predicted octanol–water partition coefficient (Wildman–Crippen LogP) is 3.78. The molecule has 0 aromatic heterocycles. The number of unbranched alkanes of at least 4 members (excludes halogenated alkanes) is 3. The van der Waals surface area contributed by atoms with Crippen LogP contribution >= 0.6 is 0 Å². The van der Waals surface area contributed by atoms with Gasteiger partial charge in [0.2, 0.25) is 0 Å². The monoisotopic (exact) mass is 414 g/mol. The van der Waals surface area contributed by atoms with Crippen molar-refractivity contribution >= 4 is 0 Å².